The Morgan fingerprint density at radius 1 is 0.962 bits per heavy atom. The Morgan fingerprint density at radius 3 is 2.23 bits per heavy atom. The number of nitrogens with one attached hydrogen (secondary N) is 1. The lowest BCUT2D eigenvalue weighted by Gasteiger charge is -2.31. The van der Waals surface area contributed by atoms with Crippen LogP contribution in [-0.2, 0) is 17.1 Å². The van der Waals surface area contributed by atoms with Gasteiger partial charge in [0.05, 0.1) is 0 Å². The molecule has 0 unspecified atom stereocenters. The number of rotatable bonds is 8. The summed E-state index contributed by atoms with van der Waals surface area (Å²) < 4.78 is 0. The molecule has 138 valence electrons. The first-order chi connectivity index (χ1) is 12.8. The van der Waals surface area contributed by atoms with E-state index in [0.29, 0.717) is 0 Å². The molecule has 3 rings (SSSR count). The second-order valence-electron chi connectivity index (χ2n) is 6.87. The van der Waals surface area contributed by atoms with Gasteiger partial charge >= 0.3 is 0 Å². The number of amides is 1. The van der Waals surface area contributed by atoms with Gasteiger partial charge in [-0.15, -0.1) is 0 Å². The lowest BCUT2D eigenvalue weighted by molar-refractivity contribution is -0.126. The summed E-state index contributed by atoms with van der Waals surface area (Å²) in [6.45, 7) is 3.78. The highest BCUT2D eigenvalue weighted by molar-refractivity contribution is 7.98. The zero-order chi connectivity index (χ0) is 18.0. The van der Waals surface area contributed by atoms with Gasteiger partial charge in [0.2, 0.25) is 5.91 Å². The van der Waals surface area contributed by atoms with E-state index in [1.165, 1.54) is 11.1 Å². The molecule has 1 N–H and O–H groups in total. The van der Waals surface area contributed by atoms with E-state index in [-0.39, 0.29) is 11.8 Å². The molecule has 1 heterocycles. The molecule has 0 spiro atoms. The van der Waals surface area contributed by atoms with Crippen LogP contribution in [0.4, 0.5) is 0 Å². The number of nitrogens with zero attached hydrogens (tertiary/aromatic N) is 1. The van der Waals surface area contributed by atoms with Crippen molar-refractivity contribution in [2.45, 2.75) is 25.1 Å². The standard InChI is InChI=1S/C22H28N2OS/c25-22(23-13-16-26-18-20-9-5-2-6-10-20)21-11-14-24(15-12-21)17-19-7-3-1-4-8-19/h1-10,21H,11-18H2,(H,23,25). The van der Waals surface area contributed by atoms with Crippen LogP contribution in [0.2, 0.25) is 0 Å². The van der Waals surface area contributed by atoms with Crippen molar-refractivity contribution in [1.82, 2.24) is 10.2 Å². The van der Waals surface area contributed by atoms with Crippen molar-refractivity contribution < 1.29 is 4.79 Å². The van der Waals surface area contributed by atoms with E-state index in [0.717, 1.165) is 50.5 Å². The molecule has 2 aromatic rings. The van der Waals surface area contributed by atoms with Gasteiger partial charge in [-0.1, -0.05) is 60.7 Å². The Hall–Kier alpha value is -1.78. The maximum absolute atomic E-state index is 12.4. The van der Waals surface area contributed by atoms with E-state index in [9.17, 15) is 4.79 Å². The molecular formula is C22H28N2OS. The largest absolute Gasteiger partial charge is 0.355 e. The van der Waals surface area contributed by atoms with Crippen LogP contribution < -0.4 is 5.32 Å². The Kier molecular flexibility index (Phi) is 7.59. The van der Waals surface area contributed by atoms with E-state index in [2.05, 4.69) is 64.8 Å². The second-order valence-corrected chi connectivity index (χ2v) is 7.97. The van der Waals surface area contributed by atoms with Crippen molar-refractivity contribution in [1.29, 1.82) is 0 Å². The van der Waals surface area contributed by atoms with Crippen LogP contribution in [0.1, 0.15) is 24.0 Å². The Labute approximate surface area is 161 Å². The molecule has 3 nitrogen and oxygen atoms in total. The quantitative estimate of drug-likeness (QED) is 0.716. The summed E-state index contributed by atoms with van der Waals surface area (Å²) in [5, 5.41) is 3.12. The van der Waals surface area contributed by atoms with Crippen LogP contribution in [0.3, 0.4) is 0 Å². The lowest BCUT2D eigenvalue weighted by Crippen LogP contribution is -2.40. The van der Waals surface area contributed by atoms with Gasteiger partial charge in [0, 0.05) is 30.5 Å². The number of hydrogen-bond acceptors (Lipinski definition) is 3. The van der Waals surface area contributed by atoms with E-state index in [1.54, 1.807) is 0 Å². The monoisotopic (exact) mass is 368 g/mol. The van der Waals surface area contributed by atoms with Gasteiger partial charge in [0.15, 0.2) is 0 Å². The third-order valence-corrected chi connectivity index (χ3v) is 5.89. The topological polar surface area (TPSA) is 32.3 Å². The Balaban J connectivity index is 1.29. The molecule has 4 heteroatoms. The van der Waals surface area contributed by atoms with Gasteiger partial charge in [0.1, 0.15) is 0 Å². The highest BCUT2D eigenvalue weighted by Crippen LogP contribution is 2.19. The van der Waals surface area contributed by atoms with Crippen molar-refractivity contribution >= 4 is 17.7 Å². The summed E-state index contributed by atoms with van der Waals surface area (Å²) in [5.74, 6) is 2.40. The van der Waals surface area contributed by atoms with Gasteiger partial charge in [-0.3, -0.25) is 9.69 Å². The van der Waals surface area contributed by atoms with Crippen LogP contribution in [0, 0.1) is 5.92 Å². The number of likely N-dealkylation sites (tertiary alicyclic amines) is 1. The fraction of sp³-hybridized carbons (Fsp3) is 0.409. The van der Waals surface area contributed by atoms with Crippen LogP contribution in [0.15, 0.2) is 60.7 Å². The summed E-state index contributed by atoms with van der Waals surface area (Å²) in [6.07, 6.45) is 1.94. The average Bonchev–Trinajstić information content (AvgIpc) is 2.70. The van der Waals surface area contributed by atoms with Gasteiger partial charge in [-0.05, 0) is 37.1 Å². The molecule has 26 heavy (non-hydrogen) atoms. The molecule has 0 aliphatic carbocycles. The predicted molar refractivity (Wildman–Crippen MR) is 110 cm³/mol. The summed E-state index contributed by atoms with van der Waals surface area (Å²) in [4.78, 5) is 14.8. The second kappa shape index (κ2) is 10.4. The molecule has 2 aromatic carbocycles. The smallest absolute Gasteiger partial charge is 0.223 e. The lowest BCUT2D eigenvalue weighted by atomic mass is 9.95. The van der Waals surface area contributed by atoms with Gasteiger partial charge in [-0.2, -0.15) is 11.8 Å². The molecule has 1 amide bonds. The first kappa shape index (κ1) is 19.0. The SMILES string of the molecule is O=C(NCCSCc1ccccc1)C1CCN(Cc2ccccc2)CC1. The molecule has 1 aliphatic heterocycles. The number of hydrogen-bond donors (Lipinski definition) is 1. The first-order valence-electron chi connectivity index (χ1n) is 9.47. The molecule has 1 aliphatic rings. The third-order valence-electron chi connectivity index (χ3n) is 4.86. The summed E-state index contributed by atoms with van der Waals surface area (Å²) in [6, 6.07) is 21.1. The van der Waals surface area contributed by atoms with E-state index >= 15 is 0 Å². The van der Waals surface area contributed by atoms with Crippen LogP contribution >= 0.6 is 11.8 Å². The van der Waals surface area contributed by atoms with Crippen molar-refractivity contribution in [3.8, 4) is 0 Å². The summed E-state index contributed by atoms with van der Waals surface area (Å²) in [7, 11) is 0. The minimum absolute atomic E-state index is 0.182. The Bertz CT molecular complexity index is 654. The maximum atomic E-state index is 12.4. The van der Waals surface area contributed by atoms with Crippen molar-refractivity contribution in [2.24, 2.45) is 5.92 Å². The highest BCUT2D eigenvalue weighted by Gasteiger charge is 2.24. The van der Waals surface area contributed by atoms with E-state index < -0.39 is 0 Å². The molecule has 1 saturated heterocycles. The van der Waals surface area contributed by atoms with Crippen molar-refractivity contribution in [3.63, 3.8) is 0 Å². The van der Waals surface area contributed by atoms with Crippen molar-refractivity contribution in [3.05, 3.63) is 71.8 Å². The summed E-state index contributed by atoms with van der Waals surface area (Å²) >= 11 is 1.87. The number of thioether (sulfide) groups is 1. The molecule has 0 saturated carbocycles. The molecular weight excluding hydrogens is 340 g/mol. The summed E-state index contributed by atoms with van der Waals surface area (Å²) in [5.41, 5.74) is 2.69. The fourth-order valence-electron chi connectivity index (χ4n) is 3.35. The van der Waals surface area contributed by atoms with E-state index in [4.69, 9.17) is 0 Å². The Morgan fingerprint density at radius 2 is 1.58 bits per heavy atom. The zero-order valence-electron chi connectivity index (χ0n) is 15.3. The predicted octanol–water partition coefficient (Wildman–Crippen LogP) is 3.95. The minimum Gasteiger partial charge on any atom is -0.355 e. The first-order valence-corrected chi connectivity index (χ1v) is 10.6. The number of benzene rings is 2. The van der Waals surface area contributed by atoms with Crippen LogP contribution in [-0.4, -0.2) is 36.2 Å². The third kappa shape index (κ3) is 6.19. The average molecular weight is 369 g/mol. The fourth-order valence-corrected chi connectivity index (χ4v) is 4.17. The van der Waals surface area contributed by atoms with Gasteiger partial charge in [-0.25, -0.2) is 0 Å². The maximum Gasteiger partial charge on any atom is 0.223 e. The molecule has 0 bridgehead atoms. The molecule has 0 atom stereocenters. The number of piperidine rings is 1. The molecule has 0 aromatic heterocycles. The minimum atomic E-state index is 0.182. The number of carbonyl (C=O) groups excluding carboxylic acids is 1. The number of carbonyl (C=O) groups is 1. The van der Waals surface area contributed by atoms with Crippen LogP contribution in [0.25, 0.3) is 0 Å². The van der Waals surface area contributed by atoms with Gasteiger partial charge in [0.25, 0.3) is 0 Å². The van der Waals surface area contributed by atoms with E-state index in [1.807, 2.05) is 17.8 Å². The van der Waals surface area contributed by atoms with Gasteiger partial charge < -0.3 is 5.32 Å². The highest BCUT2D eigenvalue weighted by atomic mass is 32.2. The van der Waals surface area contributed by atoms with Crippen LogP contribution in [0.5, 0.6) is 0 Å². The van der Waals surface area contributed by atoms with Crippen molar-refractivity contribution in [2.75, 3.05) is 25.4 Å². The molecule has 0 radical (unpaired) electrons. The zero-order valence-corrected chi connectivity index (χ0v) is 16.1. The molecule has 1 fully saturated rings. The normalized spacial score (nSPS) is 15.7.